The predicted molar refractivity (Wildman–Crippen MR) is 125 cm³/mol. The fourth-order valence-electron chi connectivity index (χ4n) is 3.41. The molecule has 0 aliphatic carbocycles. The number of rotatable bonds is 10. The van der Waals surface area contributed by atoms with E-state index in [4.69, 9.17) is 4.74 Å². The summed E-state index contributed by atoms with van der Waals surface area (Å²) in [6, 6.07) is 13.5. The van der Waals surface area contributed by atoms with Gasteiger partial charge in [-0.2, -0.15) is 0 Å². The number of ether oxygens (including phenoxy) is 1. The highest BCUT2D eigenvalue weighted by atomic mass is 32.2. The van der Waals surface area contributed by atoms with Gasteiger partial charge in [-0.25, -0.2) is 8.42 Å². The van der Waals surface area contributed by atoms with Crippen LogP contribution in [0.1, 0.15) is 24.5 Å². The van der Waals surface area contributed by atoms with Crippen molar-refractivity contribution in [3.8, 4) is 5.75 Å². The molecule has 9 heteroatoms. The Hall–Kier alpha value is -3.07. The number of nitrogens with one attached hydrogen (secondary N) is 1. The highest BCUT2D eigenvalue weighted by Crippen LogP contribution is 2.29. The summed E-state index contributed by atoms with van der Waals surface area (Å²) in [6.45, 7) is 3.49. The summed E-state index contributed by atoms with van der Waals surface area (Å²) in [7, 11) is -0.865. The molecule has 0 saturated carbocycles. The Balaban J connectivity index is 2.45. The first-order valence-corrected chi connectivity index (χ1v) is 12.1. The van der Waals surface area contributed by atoms with Crippen molar-refractivity contribution in [2.45, 2.75) is 32.9 Å². The minimum absolute atomic E-state index is 0.175. The van der Waals surface area contributed by atoms with Gasteiger partial charge in [-0.05, 0) is 31.0 Å². The molecule has 1 N–H and O–H groups in total. The molecule has 0 fully saturated rings. The third-order valence-electron chi connectivity index (χ3n) is 5.14. The number of methoxy groups -OCH3 is 1. The SMILES string of the molecule is CCC(C(=O)NC)N(Cc1ccc(C)cc1)C(=O)CN(c1ccccc1OC)S(C)(=O)=O. The van der Waals surface area contributed by atoms with E-state index in [1.807, 2.05) is 38.1 Å². The molecule has 1 atom stereocenters. The van der Waals surface area contributed by atoms with Crippen LogP contribution in [0.15, 0.2) is 48.5 Å². The Morgan fingerprint density at radius 3 is 2.25 bits per heavy atom. The number of nitrogens with zero attached hydrogens (tertiary/aromatic N) is 2. The van der Waals surface area contributed by atoms with Gasteiger partial charge < -0.3 is 15.0 Å². The van der Waals surface area contributed by atoms with Crippen molar-refractivity contribution in [3.05, 3.63) is 59.7 Å². The van der Waals surface area contributed by atoms with Gasteiger partial charge in [0.05, 0.1) is 19.1 Å². The second-order valence-corrected chi connectivity index (χ2v) is 9.39. The number of para-hydroxylation sites is 2. The van der Waals surface area contributed by atoms with Crippen LogP contribution in [-0.2, 0) is 26.2 Å². The predicted octanol–water partition coefficient (Wildman–Crippen LogP) is 2.32. The van der Waals surface area contributed by atoms with Crippen molar-refractivity contribution >= 4 is 27.5 Å². The number of hydrogen-bond donors (Lipinski definition) is 1. The van der Waals surface area contributed by atoms with E-state index in [0.29, 0.717) is 12.2 Å². The topological polar surface area (TPSA) is 96.0 Å². The fourth-order valence-corrected chi connectivity index (χ4v) is 4.26. The molecule has 2 aromatic rings. The van der Waals surface area contributed by atoms with Crippen LogP contribution in [0.4, 0.5) is 5.69 Å². The lowest BCUT2D eigenvalue weighted by molar-refractivity contribution is -0.140. The zero-order chi connectivity index (χ0) is 23.9. The standard InChI is InChI=1S/C23H31N3O5S/c1-6-19(23(28)24-3)25(15-18-13-11-17(2)12-14-18)22(27)16-26(32(5,29)30)20-9-7-8-10-21(20)31-4/h7-14,19H,6,15-16H2,1-5H3,(H,24,28). The molecular weight excluding hydrogens is 430 g/mol. The van der Waals surface area contributed by atoms with Crippen molar-refractivity contribution in [1.82, 2.24) is 10.2 Å². The second-order valence-electron chi connectivity index (χ2n) is 7.49. The molecule has 0 aromatic heterocycles. The Kier molecular flexibility index (Phi) is 8.65. The highest BCUT2D eigenvalue weighted by molar-refractivity contribution is 7.92. The number of aryl methyl sites for hydroxylation is 1. The Bertz CT molecular complexity index is 1040. The van der Waals surface area contributed by atoms with Gasteiger partial charge in [0, 0.05) is 13.6 Å². The smallest absolute Gasteiger partial charge is 0.244 e. The van der Waals surface area contributed by atoms with Crippen molar-refractivity contribution in [1.29, 1.82) is 0 Å². The number of sulfonamides is 1. The summed E-state index contributed by atoms with van der Waals surface area (Å²) in [5.41, 5.74) is 2.17. The molecule has 174 valence electrons. The molecular formula is C23H31N3O5S. The molecule has 0 spiro atoms. The van der Waals surface area contributed by atoms with Gasteiger partial charge in [0.25, 0.3) is 0 Å². The van der Waals surface area contributed by atoms with Crippen molar-refractivity contribution in [2.24, 2.45) is 0 Å². The van der Waals surface area contributed by atoms with Crippen LogP contribution in [0.5, 0.6) is 5.75 Å². The average molecular weight is 462 g/mol. The van der Waals surface area contributed by atoms with Crippen LogP contribution in [0, 0.1) is 6.92 Å². The van der Waals surface area contributed by atoms with Gasteiger partial charge in [0.15, 0.2) is 0 Å². The summed E-state index contributed by atoms with van der Waals surface area (Å²) in [5, 5.41) is 2.60. The summed E-state index contributed by atoms with van der Waals surface area (Å²) in [5.74, 6) is -0.470. The van der Waals surface area contributed by atoms with E-state index in [2.05, 4.69) is 5.32 Å². The minimum atomic E-state index is -3.81. The first-order valence-electron chi connectivity index (χ1n) is 10.3. The highest BCUT2D eigenvalue weighted by Gasteiger charge is 2.32. The molecule has 2 rings (SSSR count). The zero-order valence-corrected chi connectivity index (χ0v) is 20.0. The molecule has 0 aliphatic rings. The summed E-state index contributed by atoms with van der Waals surface area (Å²) in [6.07, 6.45) is 1.41. The van der Waals surface area contributed by atoms with Gasteiger partial charge in [-0.15, -0.1) is 0 Å². The van der Waals surface area contributed by atoms with Crippen LogP contribution in [0.2, 0.25) is 0 Å². The van der Waals surface area contributed by atoms with Crippen molar-refractivity contribution in [3.63, 3.8) is 0 Å². The lowest BCUT2D eigenvalue weighted by Gasteiger charge is -2.32. The Morgan fingerprint density at radius 1 is 1.09 bits per heavy atom. The molecule has 0 aliphatic heterocycles. The summed E-state index contributed by atoms with van der Waals surface area (Å²) in [4.78, 5) is 27.4. The van der Waals surface area contributed by atoms with Gasteiger partial charge in [-0.3, -0.25) is 13.9 Å². The quantitative estimate of drug-likeness (QED) is 0.586. The molecule has 1 unspecified atom stereocenters. The number of likely N-dealkylation sites (N-methyl/N-ethyl adjacent to an activating group) is 1. The Labute approximate surface area is 190 Å². The third-order valence-corrected chi connectivity index (χ3v) is 6.27. The molecule has 8 nitrogen and oxygen atoms in total. The van der Waals surface area contributed by atoms with E-state index >= 15 is 0 Å². The first-order chi connectivity index (χ1) is 15.1. The number of amides is 2. The number of hydrogen-bond acceptors (Lipinski definition) is 5. The number of carbonyl (C=O) groups excluding carboxylic acids is 2. The third kappa shape index (κ3) is 6.23. The lowest BCUT2D eigenvalue weighted by Crippen LogP contribution is -2.51. The van der Waals surface area contributed by atoms with Crippen LogP contribution in [0.3, 0.4) is 0 Å². The van der Waals surface area contributed by atoms with Gasteiger partial charge in [0.2, 0.25) is 21.8 Å². The number of anilines is 1. The maximum absolute atomic E-state index is 13.5. The number of carbonyl (C=O) groups is 2. The molecule has 2 amide bonds. The summed E-state index contributed by atoms with van der Waals surface area (Å²) < 4.78 is 31.5. The normalized spacial score (nSPS) is 12.0. The first kappa shape index (κ1) is 25.2. The van der Waals surface area contributed by atoms with E-state index in [0.717, 1.165) is 21.7 Å². The fraction of sp³-hybridized carbons (Fsp3) is 0.391. The molecule has 2 aromatic carbocycles. The van der Waals surface area contributed by atoms with Gasteiger partial charge >= 0.3 is 0 Å². The van der Waals surface area contributed by atoms with E-state index in [9.17, 15) is 18.0 Å². The Morgan fingerprint density at radius 2 is 1.72 bits per heavy atom. The second kappa shape index (κ2) is 11.0. The molecule has 0 heterocycles. The molecule has 32 heavy (non-hydrogen) atoms. The molecule has 0 radical (unpaired) electrons. The monoisotopic (exact) mass is 461 g/mol. The van der Waals surface area contributed by atoms with Gasteiger partial charge in [0.1, 0.15) is 18.3 Å². The van der Waals surface area contributed by atoms with Crippen LogP contribution in [0.25, 0.3) is 0 Å². The van der Waals surface area contributed by atoms with E-state index in [1.54, 1.807) is 24.3 Å². The van der Waals surface area contributed by atoms with Gasteiger partial charge in [-0.1, -0.05) is 48.9 Å². The van der Waals surface area contributed by atoms with Crippen molar-refractivity contribution in [2.75, 3.05) is 31.3 Å². The molecule has 0 saturated heterocycles. The molecule has 0 bridgehead atoms. The van der Waals surface area contributed by atoms with E-state index < -0.39 is 28.5 Å². The summed E-state index contributed by atoms with van der Waals surface area (Å²) >= 11 is 0. The minimum Gasteiger partial charge on any atom is -0.495 e. The largest absolute Gasteiger partial charge is 0.495 e. The van der Waals surface area contributed by atoms with Crippen LogP contribution < -0.4 is 14.4 Å². The van der Waals surface area contributed by atoms with E-state index in [1.165, 1.54) is 19.1 Å². The van der Waals surface area contributed by atoms with Crippen LogP contribution in [-0.4, -0.2) is 58.1 Å². The zero-order valence-electron chi connectivity index (χ0n) is 19.2. The average Bonchev–Trinajstić information content (AvgIpc) is 2.77. The maximum Gasteiger partial charge on any atom is 0.244 e. The van der Waals surface area contributed by atoms with Crippen LogP contribution >= 0.6 is 0 Å². The van der Waals surface area contributed by atoms with E-state index in [-0.39, 0.29) is 18.1 Å². The maximum atomic E-state index is 13.5. The van der Waals surface area contributed by atoms with Crippen molar-refractivity contribution < 1.29 is 22.7 Å². The lowest BCUT2D eigenvalue weighted by atomic mass is 10.1. The number of benzene rings is 2.